The number of anilines is 1. The molecule has 1 N–H and O–H groups in total. The van der Waals surface area contributed by atoms with Crippen LogP contribution in [0.15, 0.2) is 18.2 Å². The minimum Gasteiger partial charge on any atom is -0.451 e. The Morgan fingerprint density at radius 1 is 1.33 bits per heavy atom. The highest BCUT2D eigenvalue weighted by molar-refractivity contribution is 7.13. The highest BCUT2D eigenvalue weighted by atomic mass is 32.1. The number of nitrogens with zero attached hydrogens (tertiary/aromatic N) is 2. The van der Waals surface area contributed by atoms with Gasteiger partial charge >= 0.3 is 12.1 Å². The van der Waals surface area contributed by atoms with E-state index < -0.39 is 46.5 Å². The van der Waals surface area contributed by atoms with Gasteiger partial charge in [0, 0.05) is 12.1 Å². The molecule has 0 spiro atoms. The standard InChI is InChI=1S/C15H12F3N3O5S/c1-7-13(27-8(2)19-7)14(23)26-6-12(22)20-11-4-3-9(21(24)25)5-10(11)15(16,17)18/h3-5H,6H2,1-2H3,(H,20,22). The van der Waals surface area contributed by atoms with E-state index in [1.807, 2.05) is 5.32 Å². The molecular weight excluding hydrogens is 391 g/mol. The van der Waals surface area contributed by atoms with Crippen LogP contribution >= 0.6 is 11.3 Å². The number of thiazole rings is 1. The summed E-state index contributed by atoms with van der Waals surface area (Å²) in [4.78, 5) is 37.6. The number of esters is 1. The van der Waals surface area contributed by atoms with E-state index in [0.29, 0.717) is 16.8 Å². The number of alkyl halides is 3. The summed E-state index contributed by atoms with van der Waals surface area (Å²) < 4.78 is 44.0. The Bertz CT molecular complexity index is 911. The van der Waals surface area contributed by atoms with Gasteiger partial charge in [0.25, 0.3) is 11.6 Å². The molecule has 1 aromatic carbocycles. The SMILES string of the molecule is Cc1nc(C)c(C(=O)OCC(=O)Nc2ccc([N+](=O)[O-])cc2C(F)(F)F)s1. The fourth-order valence-electron chi connectivity index (χ4n) is 2.09. The molecule has 0 aliphatic heterocycles. The minimum absolute atomic E-state index is 0.187. The summed E-state index contributed by atoms with van der Waals surface area (Å²) in [5.74, 6) is -1.85. The average Bonchev–Trinajstić information content (AvgIpc) is 2.90. The molecule has 0 radical (unpaired) electrons. The number of aryl methyl sites for hydroxylation is 2. The van der Waals surface area contributed by atoms with Gasteiger partial charge in [-0.15, -0.1) is 11.3 Å². The third-order valence-electron chi connectivity index (χ3n) is 3.22. The average molecular weight is 403 g/mol. The topological polar surface area (TPSA) is 111 Å². The molecule has 0 aliphatic rings. The summed E-state index contributed by atoms with van der Waals surface area (Å²) >= 11 is 1.06. The number of nitro benzene ring substituents is 1. The molecule has 0 bridgehead atoms. The van der Waals surface area contributed by atoms with Crippen molar-refractivity contribution in [3.63, 3.8) is 0 Å². The number of aromatic nitrogens is 1. The summed E-state index contributed by atoms with van der Waals surface area (Å²) in [6.07, 6.45) is -4.93. The molecule has 0 atom stereocenters. The lowest BCUT2D eigenvalue weighted by Crippen LogP contribution is -2.22. The van der Waals surface area contributed by atoms with Crippen LogP contribution < -0.4 is 5.32 Å². The first-order valence-corrected chi connectivity index (χ1v) is 8.07. The second-order valence-corrected chi connectivity index (χ2v) is 6.46. The van der Waals surface area contributed by atoms with Crippen molar-refractivity contribution in [1.29, 1.82) is 0 Å². The summed E-state index contributed by atoms with van der Waals surface area (Å²) in [6, 6.07) is 1.89. The van der Waals surface area contributed by atoms with E-state index in [1.54, 1.807) is 13.8 Å². The fourth-order valence-corrected chi connectivity index (χ4v) is 2.91. The third-order valence-corrected chi connectivity index (χ3v) is 4.27. The largest absolute Gasteiger partial charge is 0.451 e. The molecule has 1 heterocycles. The molecule has 8 nitrogen and oxygen atoms in total. The quantitative estimate of drug-likeness (QED) is 0.465. The Balaban J connectivity index is 2.10. The van der Waals surface area contributed by atoms with Crippen molar-refractivity contribution in [3.05, 3.63) is 49.5 Å². The molecule has 2 rings (SSSR count). The van der Waals surface area contributed by atoms with Gasteiger partial charge in [0.15, 0.2) is 6.61 Å². The minimum atomic E-state index is -4.93. The second-order valence-electron chi connectivity index (χ2n) is 5.26. The van der Waals surface area contributed by atoms with Gasteiger partial charge in [-0.05, 0) is 19.9 Å². The van der Waals surface area contributed by atoms with Gasteiger partial charge in [-0.25, -0.2) is 9.78 Å². The molecule has 0 saturated heterocycles. The third kappa shape index (κ3) is 5.00. The molecule has 0 saturated carbocycles. The van der Waals surface area contributed by atoms with Crippen LogP contribution in [0, 0.1) is 24.0 Å². The molecule has 0 fully saturated rings. The predicted molar refractivity (Wildman–Crippen MR) is 88.6 cm³/mol. The highest BCUT2D eigenvalue weighted by Gasteiger charge is 2.35. The van der Waals surface area contributed by atoms with Crippen LogP contribution in [0.3, 0.4) is 0 Å². The van der Waals surface area contributed by atoms with E-state index in [9.17, 15) is 32.9 Å². The first-order valence-electron chi connectivity index (χ1n) is 7.25. The van der Waals surface area contributed by atoms with Crippen LogP contribution in [0.2, 0.25) is 0 Å². The lowest BCUT2D eigenvalue weighted by atomic mass is 10.1. The van der Waals surface area contributed by atoms with E-state index in [-0.39, 0.29) is 4.88 Å². The Kier molecular flexibility index (Phi) is 5.78. The second kappa shape index (κ2) is 7.70. The van der Waals surface area contributed by atoms with Crippen LogP contribution in [0.4, 0.5) is 24.5 Å². The first-order chi connectivity index (χ1) is 12.5. The number of benzene rings is 1. The number of nitro groups is 1. The Hall–Kier alpha value is -3.02. The van der Waals surface area contributed by atoms with E-state index in [1.165, 1.54) is 0 Å². The molecule has 2 aromatic rings. The molecule has 1 amide bonds. The number of amides is 1. The van der Waals surface area contributed by atoms with E-state index in [0.717, 1.165) is 23.5 Å². The Morgan fingerprint density at radius 2 is 2.00 bits per heavy atom. The van der Waals surface area contributed by atoms with Crippen LogP contribution in [-0.2, 0) is 15.7 Å². The first kappa shape index (κ1) is 20.3. The zero-order valence-corrected chi connectivity index (χ0v) is 14.7. The Labute approximate surface area is 154 Å². The van der Waals surface area contributed by atoms with Gasteiger partial charge in [-0.1, -0.05) is 0 Å². The van der Waals surface area contributed by atoms with Crippen molar-refractivity contribution >= 4 is 34.6 Å². The summed E-state index contributed by atoms with van der Waals surface area (Å²) in [6.45, 7) is 2.42. The predicted octanol–water partition coefficient (Wildman–Crippen LogP) is 3.48. The van der Waals surface area contributed by atoms with Crippen molar-refractivity contribution in [2.24, 2.45) is 0 Å². The molecule has 1 aromatic heterocycles. The van der Waals surface area contributed by atoms with E-state index in [4.69, 9.17) is 4.74 Å². The summed E-state index contributed by atoms with van der Waals surface area (Å²) in [5, 5.41) is 13.2. The zero-order chi connectivity index (χ0) is 20.4. The maximum Gasteiger partial charge on any atom is 0.418 e. The zero-order valence-electron chi connectivity index (χ0n) is 13.9. The number of hydrogen-bond acceptors (Lipinski definition) is 7. The number of nitrogens with one attached hydrogen (secondary N) is 1. The number of hydrogen-bond donors (Lipinski definition) is 1. The number of carbonyl (C=O) groups is 2. The number of non-ortho nitro benzene ring substituents is 1. The van der Waals surface area contributed by atoms with E-state index in [2.05, 4.69) is 4.98 Å². The van der Waals surface area contributed by atoms with Gasteiger partial charge in [-0.2, -0.15) is 13.2 Å². The maximum absolute atomic E-state index is 13.1. The normalized spacial score (nSPS) is 11.1. The van der Waals surface area contributed by atoms with Crippen molar-refractivity contribution in [2.45, 2.75) is 20.0 Å². The summed E-state index contributed by atoms with van der Waals surface area (Å²) in [5.41, 5.74) is -2.43. The lowest BCUT2D eigenvalue weighted by Gasteiger charge is -2.13. The molecule has 12 heteroatoms. The van der Waals surface area contributed by atoms with Gasteiger partial charge < -0.3 is 10.1 Å². The van der Waals surface area contributed by atoms with Crippen LogP contribution in [0.1, 0.15) is 25.9 Å². The molecule has 0 unspecified atom stereocenters. The number of rotatable bonds is 5. The number of carbonyl (C=O) groups excluding carboxylic acids is 2. The van der Waals surface area contributed by atoms with Crippen LogP contribution in [-0.4, -0.2) is 28.4 Å². The maximum atomic E-state index is 13.1. The highest BCUT2D eigenvalue weighted by Crippen LogP contribution is 2.37. The monoisotopic (exact) mass is 403 g/mol. The van der Waals surface area contributed by atoms with Gasteiger partial charge in [0.2, 0.25) is 0 Å². The Morgan fingerprint density at radius 3 is 2.52 bits per heavy atom. The van der Waals surface area contributed by atoms with Gasteiger partial charge in [0.1, 0.15) is 4.88 Å². The lowest BCUT2D eigenvalue weighted by molar-refractivity contribution is -0.385. The molecule has 0 aliphatic carbocycles. The summed E-state index contributed by atoms with van der Waals surface area (Å²) in [7, 11) is 0. The fraction of sp³-hybridized carbons (Fsp3) is 0.267. The van der Waals surface area contributed by atoms with Crippen molar-refractivity contribution in [1.82, 2.24) is 4.98 Å². The van der Waals surface area contributed by atoms with Crippen molar-refractivity contribution < 1.29 is 32.4 Å². The van der Waals surface area contributed by atoms with Crippen LogP contribution in [0.25, 0.3) is 0 Å². The van der Waals surface area contributed by atoms with Crippen molar-refractivity contribution in [3.8, 4) is 0 Å². The van der Waals surface area contributed by atoms with Crippen LogP contribution in [0.5, 0.6) is 0 Å². The van der Waals surface area contributed by atoms with Gasteiger partial charge in [0.05, 0.1) is 26.9 Å². The smallest absolute Gasteiger partial charge is 0.418 e. The number of halogens is 3. The van der Waals surface area contributed by atoms with Crippen molar-refractivity contribution in [2.75, 3.05) is 11.9 Å². The van der Waals surface area contributed by atoms with E-state index >= 15 is 0 Å². The van der Waals surface area contributed by atoms with Gasteiger partial charge in [-0.3, -0.25) is 14.9 Å². The molecule has 144 valence electrons. The molecule has 27 heavy (non-hydrogen) atoms. The number of ether oxygens (including phenoxy) is 1. The molecular formula is C15H12F3N3O5S.